The number of carbonyl (C=O) groups is 2. The molecule has 102 valence electrons. The second kappa shape index (κ2) is 5.21. The average Bonchev–Trinajstić information content (AvgIpc) is 2.54. The maximum atomic E-state index is 11.6. The fraction of sp³-hybridized carbons (Fsp3) is 0.385. The number of ether oxygens (including phenoxy) is 1. The van der Waals surface area contributed by atoms with Gasteiger partial charge in [-0.1, -0.05) is 15.9 Å². The highest BCUT2D eigenvalue weighted by Gasteiger charge is 2.45. The van der Waals surface area contributed by atoms with Crippen molar-refractivity contribution < 1.29 is 14.3 Å². The number of rotatable bonds is 4. The van der Waals surface area contributed by atoms with Gasteiger partial charge in [-0.15, -0.1) is 0 Å². The Balaban J connectivity index is 1.90. The lowest BCUT2D eigenvalue weighted by atomic mass is 10.1. The van der Waals surface area contributed by atoms with E-state index in [0.717, 1.165) is 10.2 Å². The molecule has 1 aromatic carbocycles. The highest BCUT2D eigenvalue weighted by molar-refractivity contribution is 9.10. The second-order valence-electron chi connectivity index (χ2n) is 4.77. The van der Waals surface area contributed by atoms with Crippen molar-refractivity contribution in [3.8, 4) is 5.75 Å². The van der Waals surface area contributed by atoms with Crippen LogP contribution in [-0.2, 0) is 4.79 Å². The fourth-order valence-corrected chi connectivity index (χ4v) is 2.12. The van der Waals surface area contributed by atoms with Crippen LogP contribution in [0, 0.1) is 0 Å². The predicted octanol–water partition coefficient (Wildman–Crippen LogP) is 2.16. The normalized spacial score (nSPS) is 17.5. The van der Waals surface area contributed by atoms with Gasteiger partial charge >= 0.3 is 6.03 Å². The number of hydrogen-bond donors (Lipinski definition) is 1. The van der Waals surface area contributed by atoms with Crippen LogP contribution in [0.15, 0.2) is 28.7 Å². The van der Waals surface area contributed by atoms with Crippen LogP contribution in [0.1, 0.15) is 13.8 Å². The van der Waals surface area contributed by atoms with Gasteiger partial charge in [0.2, 0.25) is 0 Å². The summed E-state index contributed by atoms with van der Waals surface area (Å²) < 4.78 is 6.52. The van der Waals surface area contributed by atoms with Gasteiger partial charge < -0.3 is 9.64 Å². The Morgan fingerprint density at radius 3 is 2.42 bits per heavy atom. The lowest BCUT2D eigenvalue weighted by molar-refractivity contribution is -0.125. The highest BCUT2D eigenvalue weighted by atomic mass is 79.9. The summed E-state index contributed by atoms with van der Waals surface area (Å²) in [6, 6.07) is 7.07. The molecule has 0 saturated carbocycles. The van der Waals surface area contributed by atoms with E-state index in [1.165, 1.54) is 4.90 Å². The van der Waals surface area contributed by atoms with Crippen molar-refractivity contribution >= 4 is 27.9 Å². The average molecular weight is 327 g/mol. The monoisotopic (exact) mass is 326 g/mol. The summed E-state index contributed by atoms with van der Waals surface area (Å²) in [4.78, 5) is 24.7. The molecule has 1 heterocycles. The summed E-state index contributed by atoms with van der Waals surface area (Å²) in [7, 11) is 0. The zero-order chi connectivity index (χ0) is 14.0. The molecule has 3 amide bonds. The Kier molecular flexibility index (Phi) is 3.80. The van der Waals surface area contributed by atoms with Gasteiger partial charge in [-0.2, -0.15) is 0 Å². The van der Waals surface area contributed by atoms with E-state index in [1.54, 1.807) is 13.8 Å². The van der Waals surface area contributed by atoms with Crippen LogP contribution in [-0.4, -0.2) is 35.5 Å². The molecule has 0 bridgehead atoms. The number of carbonyl (C=O) groups excluding carboxylic acids is 2. The largest absolute Gasteiger partial charge is 0.492 e. The molecule has 1 aliphatic rings. The number of urea groups is 1. The molecule has 0 radical (unpaired) electrons. The van der Waals surface area contributed by atoms with Gasteiger partial charge in [-0.3, -0.25) is 10.1 Å². The van der Waals surface area contributed by atoms with E-state index in [-0.39, 0.29) is 11.9 Å². The Morgan fingerprint density at radius 1 is 1.26 bits per heavy atom. The topological polar surface area (TPSA) is 58.6 Å². The second-order valence-corrected chi connectivity index (χ2v) is 5.69. The van der Waals surface area contributed by atoms with Crippen LogP contribution in [0.4, 0.5) is 4.79 Å². The van der Waals surface area contributed by atoms with Crippen LogP contribution >= 0.6 is 15.9 Å². The number of amides is 3. The van der Waals surface area contributed by atoms with Crippen LogP contribution in [0.25, 0.3) is 0 Å². The minimum atomic E-state index is -0.819. The predicted molar refractivity (Wildman–Crippen MR) is 74.0 cm³/mol. The summed E-state index contributed by atoms with van der Waals surface area (Å²) in [6.07, 6.45) is 0. The molecule has 1 N–H and O–H groups in total. The number of halogens is 1. The molecule has 6 heteroatoms. The third-order valence-electron chi connectivity index (χ3n) is 3.09. The Labute approximate surface area is 120 Å². The smallest absolute Gasteiger partial charge is 0.325 e. The van der Waals surface area contributed by atoms with E-state index < -0.39 is 5.54 Å². The summed E-state index contributed by atoms with van der Waals surface area (Å²) in [5.74, 6) is 0.452. The quantitative estimate of drug-likeness (QED) is 0.862. The van der Waals surface area contributed by atoms with Gasteiger partial charge in [0.15, 0.2) is 0 Å². The minimum Gasteiger partial charge on any atom is -0.492 e. The SMILES string of the molecule is CC1(C)C(=O)NC(=O)N1CCOc1ccc(Br)cc1. The van der Waals surface area contributed by atoms with Gasteiger partial charge in [0.05, 0.1) is 6.54 Å². The first-order valence-electron chi connectivity index (χ1n) is 5.92. The van der Waals surface area contributed by atoms with Gasteiger partial charge in [0.1, 0.15) is 17.9 Å². The van der Waals surface area contributed by atoms with E-state index in [2.05, 4.69) is 21.2 Å². The van der Waals surface area contributed by atoms with Crippen LogP contribution in [0.5, 0.6) is 5.75 Å². The number of imide groups is 1. The molecule has 0 aromatic heterocycles. The Morgan fingerprint density at radius 2 is 1.89 bits per heavy atom. The third kappa shape index (κ3) is 2.89. The lowest BCUT2D eigenvalue weighted by Gasteiger charge is -2.27. The number of nitrogens with zero attached hydrogens (tertiary/aromatic N) is 1. The van der Waals surface area contributed by atoms with Gasteiger partial charge in [0, 0.05) is 4.47 Å². The van der Waals surface area contributed by atoms with Crippen molar-refractivity contribution in [1.29, 1.82) is 0 Å². The number of benzene rings is 1. The Hall–Kier alpha value is -1.56. The Bertz CT molecular complexity index is 499. The number of hydrogen-bond acceptors (Lipinski definition) is 3. The molecule has 2 rings (SSSR count). The first kappa shape index (κ1) is 13.9. The van der Waals surface area contributed by atoms with Crippen LogP contribution in [0.3, 0.4) is 0 Å². The molecular weight excluding hydrogens is 312 g/mol. The first-order valence-corrected chi connectivity index (χ1v) is 6.72. The lowest BCUT2D eigenvalue weighted by Crippen LogP contribution is -2.45. The molecule has 0 aliphatic carbocycles. The molecule has 0 atom stereocenters. The molecule has 19 heavy (non-hydrogen) atoms. The summed E-state index contributed by atoms with van der Waals surface area (Å²) >= 11 is 3.34. The van der Waals surface area contributed by atoms with Crippen LogP contribution in [0.2, 0.25) is 0 Å². The van der Waals surface area contributed by atoms with Crippen molar-refractivity contribution in [3.63, 3.8) is 0 Å². The maximum Gasteiger partial charge on any atom is 0.325 e. The maximum absolute atomic E-state index is 11.6. The summed E-state index contributed by atoms with van der Waals surface area (Å²) in [5, 5.41) is 2.30. The van der Waals surface area contributed by atoms with Crippen molar-refractivity contribution in [1.82, 2.24) is 10.2 Å². The van der Waals surface area contributed by atoms with Crippen molar-refractivity contribution in [3.05, 3.63) is 28.7 Å². The zero-order valence-corrected chi connectivity index (χ0v) is 12.4. The molecule has 1 fully saturated rings. The summed E-state index contributed by atoms with van der Waals surface area (Å²) in [6.45, 7) is 4.13. The van der Waals surface area contributed by atoms with Gasteiger partial charge in [-0.25, -0.2) is 4.79 Å². The third-order valence-corrected chi connectivity index (χ3v) is 3.62. The van der Waals surface area contributed by atoms with E-state index in [1.807, 2.05) is 24.3 Å². The molecule has 0 unspecified atom stereocenters. The van der Waals surface area contributed by atoms with Crippen molar-refractivity contribution in [2.24, 2.45) is 0 Å². The van der Waals surface area contributed by atoms with E-state index in [0.29, 0.717) is 13.2 Å². The fourth-order valence-electron chi connectivity index (χ4n) is 1.86. The van der Waals surface area contributed by atoms with Crippen LogP contribution < -0.4 is 10.1 Å². The zero-order valence-electron chi connectivity index (χ0n) is 10.8. The molecule has 1 saturated heterocycles. The van der Waals surface area contributed by atoms with Gasteiger partial charge in [0.25, 0.3) is 5.91 Å². The van der Waals surface area contributed by atoms with Crippen molar-refractivity contribution in [2.45, 2.75) is 19.4 Å². The summed E-state index contributed by atoms with van der Waals surface area (Å²) in [5.41, 5.74) is -0.819. The molecular formula is C13H15BrN2O3. The first-order chi connectivity index (χ1) is 8.91. The standard InChI is InChI=1S/C13H15BrN2O3/c1-13(2)11(17)15-12(18)16(13)7-8-19-10-5-3-9(14)4-6-10/h3-6H,7-8H2,1-2H3,(H,15,17,18). The van der Waals surface area contributed by atoms with E-state index in [9.17, 15) is 9.59 Å². The van der Waals surface area contributed by atoms with Gasteiger partial charge in [-0.05, 0) is 38.1 Å². The highest BCUT2D eigenvalue weighted by Crippen LogP contribution is 2.21. The molecule has 1 aromatic rings. The van der Waals surface area contributed by atoms with Crippen molar-refractivity contribution in [2.75, 3.05) is 13.2 Å². The number of nitrogens with one attached hydrogen (secondary N) is 1. The van der Waals surface area contributed by atoms with E-state index in [4.69, 9.17) is 4.74 Å². The minimum absolute atomic E-state index is 0.277. The molecule has 5 nitrogen and oxygen atoms in total. The molecule has 0 spiro atoms. The molecule has 1 aliphatic heterocycles. The van der Waals surface area contributed by atoms with E-state index >= 15 is 0 Å².